The number of hydrogen-bond acceptors (Lipinski definition) is 4. The molecule has 0 spiro atoms. The summed E-state index contributed by atoms with van der Waals surface area (Å²) < 4.78 is 0. The Kier molecular flexibility index (Phi) is 13.8. The molecular weight excluding hydrogens is 334 g/mol. The molecule has 0 amide bonds. The quantitative estimate of drug-likeness (QED) is 0.143. The van der Waals surface area contributed by atoms with Gasteiger partial charge in [0.2, 0.25) is 0 Å². The van der Waals surface area contributed by atoms with E-state index in [1.54, 1.807) is 12.2 Å². The standard InChI is InChI=1S/C20H31NO5/c1-2-3-4-5-6-7-8-9-10-11-12-13-14-15-16-17-18-20(24,19(22)23)21(25)26/h6-7,9-10,12-13,15-16,24H,2-5,8,11,14,17-18H2,1H3,(H,22,23)/b7-6-,10-9-,13-12-,16-15-. The molecule has 0 aromatic rings. The number of unbranched alkanes of at least 4 members (excludes halogenated alkanes) is 3. The highest BCUT2D eigenvalue weighted by molar-refractivity contribution is 5.74. The molecule has 0 fully saturated rings. The van der Waals surface area contributed by atoms with E-state index in [0.717, 1.165) is 19.3 Å². The fraction of sp³-hybridized carbons (Fsp3) is 0.550. The summed E-state index contributed by atoms with van der Waals surface area (Å²) in [4.78, 5) is 20.1. The molecular formula is C20H31NO5. The van der Waals surface area contributed by atoms with Crippen LogP contribution < -0.4 is 0 Å². The van der Waals surface area contributed by atoms with Gasteiger partial charge < -0.3 is 10.2 Å². The Morgan fingerprint density at radius 3 is 1.81 bits per heavy atom. The van der Waals surface area contributed by atoms with Crippen LogP contribution in [0.2, 0.25) is 0 Å². The molecule has 2 N–H and O–H groups in total. The normalized spacial score (nSPS) is 14.7. The van der Waals surface area contributed by atoms with Crippen molar-refractivity contribution in [3.05, 3.63) is 58.7 Å². The van der Waals surface area contributed by atoms with Crippen molar-refractivity contribution in [2.45, 2.75) is 70.4 Å². The number of carboxylic acids is 1. The minimum absolute atomic E-state index is 0.127. The van der Waals surface area contributed by atoms with Crippen molar-refractivity contribution in [3.63, 3.8) is 0 Å². The van der Waals surface area contributed by atoms with Gasteiger partial charge in [0.1, 0.15) is 0 Å². The molecule has 6 heteroatoms. The van der Waals surface area contributed by atoms with Crippen molar-refractivity contribution in [1.82, 2.24) is 0 Å². The van der Waals surface area contributed by atoms with Gasteiger partial charge in [-0.3, -0.25) is 10.1 Å². The molecule has 0 saturated heterocycles. The molecule has 0 saturated carbocycles. The number of allylic oxidation sites excluding steroid dienone is 8. The van der Waals surface area contributed by atoms with E-state index < -0.39 is 23.0 Å². The summed E-state index contributed by atoms with van der Waals surface area (Å²) in [6.45, 7) is 2.20. The van der Waals surface area contributed by atoms with Gasteiger partial charge in [-0.25, -0.2) is 4.79 Å². The molecule has 1 unspecified atom stereocenters. The number of rotatable bonds is 15. The number of carbonyl (C=O) groups is 1. The highest BCUT2D eigenvalue weighted by Gasteiger charge is 2.48. The zero-order valence-electron chi connectivity index (χ0n) is 15.5. The minimum atomic E-state index is -2.91. The van der Waals surface area contributed by atoms with Crippen LogP contribution in [-0.2, 0) is 4.79 Å². The first-order chi connectivity index (χ1) is 12.4. The summed E-state index contributed by atoms with van der Waals surface area (Å²) in [7, 11) is 0. The number of carboxylic acid groups (broad SMARTS) is 1. The highest BCUT2D eigenvalue weighted by Crippen LogP contribution is 2.14. The van der Waals surface area contributed by atoms with E-state index in [9.17, 15) is 20.0 Å². The summed E-state index contributed by atoms with van der Waals surface area (Å²) >= 11 is 0. The Morgan fingerprint density at radius 2 is 1.38 bits per heavy atom. The van der Waals surface area contributed by atoms with Gasteiger partial charge in [-0.2, -0.15) is 0 Å². The van der Waals surface area contributed by atoms with Crippen molar-refractivity contribution in [2.24, 2.45) is 0 Å². The predicted octanol–water partition coefficient (Wildman–Crippen LogP) is 4.79. The Bertz CT molecular complexity index is 506. The molecule has 0 aliphatic rings. The zero-order valence-corrected chi connectivity index (χ0v) is 15.5. The van der Waals surface area contributed by atoms with Gasteiger partial charge in [-0.1, -0.05) is 68.4 Å². The van der Waals surface area contributed by atoms with Crippen molar-refractivity contribution in [3.8, 4) is 0 Å². The second-order valence-electron chi connectivity index (χ2n) is 6.01. The van der Waals surface area contributed by atoms with Gasteiger partial charge in [0, 0.05) is 0 Å². The molecule has 0 radical (unpaired) electrons. The summed E-state index contributed by atoms with van der Waals surface area (Å²) in [5.74, 6) is -1.83. The lowest BCUT2D eigenvalue weighted by molar-refractivity contribution is -0.608. The Balaban J connectivity index is 3.81. The number of nitrogens with zero attached hydrogens (tertiary/aromatic N) is 1. The summed E-state index contributed by atoms with van der Waals surface area (Å²) in [5.41, 5.74) is -2.91. The highest BCUT2D eigenvalue weighted by atomic mass is 16.7. The van der Waals surface area contributed by atoms with Crippen LogP contribution in [0.25, 0.3) is 0 Å². The van der Waals surface area contributed by atoms with Crippen LogP contribution in [0.4, 0.5) is 0 Å². The second kappa shape index (κ2) is 15.1. The molecule has 0 rings (SSSR count). The monoisotopic (exact) mass is 365 g/mol. The van der Waals surface area contributed by atoms with E-state index >= 15 is 0 Å². The molecule has 6 nitrogen and oxygen atoms in total. The SMILES string of the molecule is CCCCC/C=C\C/C=C\C/C=C\C/C=C\CCC(O)(C(=O)O)[N+](=O)[O-]. The maximum atomic E-state index is 10.7. The lowest BCUT2D eigenvalue weighted by atomic mass is 10.1. The molecule has 146 valence electrons. The fourth-order valence-electron chi connectivity index (χ4n) is 2.12. The van der Waals surface area contributed by atoms with Gasteiger partial charge in [-0.15, -0.1) is 0 Å². The largest absolute Gasteiger partial charge is 0.474 e. The van der Waals surface area contributed by atoms with E-state index in [-0.39, 0.29) is 6.42 Å². The summed E-state index contributed by atoms with van der Waals surface area (Å²) in [6, 6.07) is 0. The number of aliphatic hydroxyl groups is 1. The maximum Gasteiger partial charge on any atom is 0.419 e. The van der Waals surface area contributed by atoms with Crippen molar-refractivity contribution in [2.75, 3.05) is 0 Å². The number of aliphatic carboxylic acids is 1. The molecule has 0 heterocycles. The maximum absolute atomic E-state index is 10.7. The average molecular weight is 365 g/mol. The van der Waals surface area contributed by atoms with Crippen molar-refractivity contribution >= 4 is 5.97 Å². The van der Waals surface area contributed by atoms with E-state index in [0.29, 0.717) is 6.42 Å². The zero-order chi connectivity index (χ0) is 19.7. The van der Waals surface area contributed by atoms with Crippen LogP contribution in [-0.4, -0.2) is 26.8 Å². The average Bonchev–Trinajstić information content (AvgIpc) is 2.60. The predicted molar refractivity (Wildman–Crippen MR) is 103 cm³/mol. The van der Waals surface area contributed by atoms with Crippen LogP contribution >= 0.6 is 0 Å². The van der Waals surface area contributed by atoms with Crippen LogP contribution in [0, 0.1) is 10.1 Å². The Labute approximate surface area is 155 Å². The van der Waals surface area contributed by atoms with E-state index in [1.165, 1.54) is 19.3 Å². The molecule has 0 bridgehead atoms. The third-order valence-corrected chi connectivity index (χ3v) is 3.76. The summed E-state index contributed by atoms with van der Waals surface area (Å²) in [6.07, 6.45) is 23.1. The van der Waals surface area contributed by atoms with Crippen LogP contribution in [0.3, 0.4) is 0 Å². The third kappa shape index (κ3) is 11.4. The van der Waals surface area contributed by atoms with Gasteiger partial charge in [0.15, 0.2) is 0 Å². The van der Waals surface area contributed by atoms with Crippen LogP contribution in [0.15, 0.2) is 48.6 Å². The lowest BCUT2D eigenvalue weighted by Crippen LogP contribution is -2.46. The molecule has 0 aliphatic heterocycles. The smallest absolute Gasteiger partial charge is 0.419 e. The Hall–Kier alpha value is -2.21. The van der Waals surface area contributed by atoms with Gasteiger partial charge in [0.05, 0.1) is 11.3 Å². The van der Waals surface area contributed by atoms with Gasteiger partial charge >= 0.3 is 11.7 Å². The number of hydrogen-bond donors (Lipinski definition) is 2. The van der Waals surface area contributed by atoms with E-state index in [4.69, 9.17) is 5.11 Å². The number of nitro groups is 1. The van der Waals surface area contributed by atoms with Gasteiger partial charge in [0.25, 0.3) is 0 Å². The molecule has 0 aromatic carbocycles. The topological polar surface area (TPSA) is 101 Å². The first-order valence-corrected chi connectivity index (χ1v) is 9.15. The lowest BCUT2D eigenvalue weighted by Gasteiger charge is -2.12. The fourth-order valence-corrected chi connectivity index (χ4v) is 2.12. The first-order valence-electron chi connectivity index (χ1n) is 9.15. The Morgan fingerprint density at radius 1 is 0.923 bits per heavy atom. The second-order valence-corrected chi connectivity index (χ2v) is 6.01. The third-order valence-electron chi connectivity index (χ3n) is 3.76. The van der Waals surface area contributed by atoms with Crippen LogP contribution in [0.1, 0.15) is 64.7 Å². The van der Waals surface area contributed by atoms with E-state index in [2.05, 4.69) is 31.2 Å². The molecule has 0 aliphatic carbocycles. The molecule has 0 aromatic heterocycles. The van der Waals surface area contributed by atoms with Crippen molar-refractivity contribution < 1.29 is 19.9 Å². The first kappa shape index (κ1) is 23.8. The van der Waals surface area contributed by atoms with Gasteiger partial charge in [-0.05, 0) is 38.5 Å². The van der Waals surface area contributed by atoms with E-state index in [1.807, 2.05) is 12.2 Å². The van der Waals surface area contributed by atoms with Crippen LogP contribution in [0.5, 0.6) is 0 Å². The minimum Gasteiger partial charge on any atom is -0.474 e. The molecule has 1 atom stereocenters. The van der Waals surface area contributed by atoms with Crippen molar-refractivity contribution in [1.29, 1.82) is 0 Å². The molecule has 26 heavy (non-hydrogen) atoms. The summed E-state index contributed by atoms with van der Waals surface area (Å²) in [5, 5.41) is 28.7.